The minimum absolute atomic E-state index is 0.0862. The zero-order chi connectivity index (χ0) is 21.3. The van der Waals surface area contributed by atoms with Crippen LogP contribution >= 0.6 is 11.8 Å². The van der Waals surface area contributed by atoms with E-state index < -0.39 is 40.6 Å². The van der Waals surface area contributed by atoms with Gasteiger partial charge >= 0.3 is 6.18 Å². The van der Waals surface area contributed by atoms with Crippen molar-refractivity contribution in [2.45, 2.75) is 37.3 Å². The second kappa shape index (κ2) is 8.23. The first-order valence-corrected chi connectivity index (χ1v) is 9.06. The van der Waals surface area contributed by atoms with Crippen LogP contribution in [0.3, 0.4) is 0 Å². The zero-order valence-corrected chi connectivity index (χ0v) is 16.0. The summed E-state index contributed by atoms with van der Waals surface area (Å²) in [6.07, 6.45) is -4.38. The summed E-state index contributed by atoms with van der Waals surface area (Å²) in [5.74, 6) is -6.53. The minimum Gasteiger partial charge on any atom is -0.490 e. The van der Waals surface area contributed by atoms with Crippen LogP contribution in [0.25, 0.3) is 0 Å². The molecule has 0 bridgehead atoms. The third-order valence-corrected chi connectivity index (χ3v) is 5.20. The van der Waals surface area contributed by atoms with Gasteiger partial charge in [-0.15, -0.1) is 11.8 Å². The van der Waals surface area contributed by atoms with Gasteiger partial charge in [-0.05, 0) is 42.3 Å². The van der Waals surface area contributed by atoms with E-state index in [1.165, 1.54) is 6.92 Å². The molecule has 0 aliphatic rings. The molecule has 2 aromatic carbocycles. The van der Waals surface area contributed by atoms with Crippen LogP contribution in [0, 0.1) is 30.2 Å². The van der Waals surface area contributed by atoms with E-state index in [0.29, 0.717) is 17.3 Å². The molecule has 2 aromatic rings. The zero-order valence-electron chi connectivity index (χ0n) is 15.2. The Balaban J connectivity index is 2.21. The fourth-order valence-electron chi connectivity index (χ4n) is 2.35. The van der Waals surface area contributed by atoms with E-state index in [1.54, 1.807) is 13.8 Å². The molecule has 2 rings (SSSR count). The molecule has 0 unspecified atom stereocenters. The number of aryl methyl sites for hydroxylation is 1. The highest BCUT2D eigenvalue weighted by molar-refractivity contribution is 7.99. The predicted octanol–water partition coefficient (Wildman–Crippen LogP) is 6.56. The molecule has 0 radical (unpaired) electrons. The molecule has 0 atom stereocenters. The van der Waals surface area contributed by atoms with E-state index in [2.05, 4.69) is 0 Å². The van der Waals surface area contributed by atoms with Crippen LogP contribution in [0.15, 0.2) is 29.2 Å². The normalized spacial score (nSPS) is 12.4. The van der Waals surface area contributed by atoms with Crippen molar-refractivity contribution in [3.05, 3.63) is 58.7 Å². The van der Waals surface area contributed by atoms with Gasteiger partial charge in [-0.25, -0.2) is 17.6 Å². The minimum atomic E-state index is -4.38. The van der Waals surface area contributed by atoms with Crippen molar-refractivity contribution < 1.29 is 35.5 Å². The van der Waals surface area contributed by atoms with Gasteiger partial charge in [0.1, 0.15) is 0 Å². The van der Waals surface area contributed by atoms with Gasteiger partial charge in [0.15, 0.2) is 29.0 Å². The van der Waals surface area contributed by atoms with E-state index in [4.69, 9.17) is 4.74 Å². The summed E-state index contributed by atoms with van der Waals surface area (Å²) >= 11 is 0.500. The maximum atomic E-state index is 14.1. The third-order valence-electron chi connectivity index (χ3n) is 3.97. The fraction of sp³-hybridized carbons (Fsp3) is 0.368. The van der Waals surface area contributed by atoms with Crippen molar-refractivity contribution in [3.63, 3.8) is 0 Å². The Bertz CT molecular complexity index is 839. The van der Waals surface area contributed by atoms with E-state index in [-0.39, 0.29) is 22.8 Å². The van der Waals surface area contributed by atoms with Gasteiger partial charge < -0.3 is 4.74 Å². The first-order valence-electron chi connectivity index (χ1n) is 8.07. The molecule has 0 fully saturated rings. The molecule has 0 heterocycles. The second-order valence-electron chi connectivity index (χ2n) is 6.88. The van der Waals surface area contributed by atoms with Crippen LogP contribution in [0.1, 0.15) is 25.0 Å². The molecular formula is C19H17F7OS. The van der Waals surface area contributed by atoms with Gasteiger partial charge in [0.2, 0.25) is 0 Å². The Labute approximate surface area is 161 Å². The molecule has 0 aromatic heterocycles. The van der Waals surface area contributed by atoms with E-state index >= 15 is 0 Å². The maximum Gasteiger partial charge on any atom is 0.398 e. The first kappa shape index (κ1) is 22.4. The number of benzene rings is 2. The highest BCUT2D eigenvalue weighted by Crippen LogP contribution is 2.34. The number of halogens is 7. The van der Waals surface area contributed by atoms with Crippen molar-refractivity contribution in [2.75, 3.05) is 12.4 Å². The van der Waals surface area contributed by atoms with Crippen LogP contribution in [0.2, 0.25) is 0 Å². The Kier molecular flexibility index (Phi) is 6.58. The average molecular weight is 426 g/mol. The second-order valence-corrected chi connectivity index (χ2v) is 7.90. The van der Waals surface area contributed by atoms with E-state index in [9.17, 15) is 30.7 Å². The van der Waals surface area contributed by atoms with Gasteiger partial charge in [0, 0.05) is 10.3 Å². The highest BCUT2D eigenvalue weighted by Gasteiger charge is 2.28. The van der Waals surface area contributed by atoms with Crippen LogP contribution in [0.5, 0.6) is 5.75 Å². The van der Waals surface area contributed by atoms with E-state index in [0.717, 1.165) is 24.3 Å². The first-order chi connectivity index (χ1) is 12.8. The molecule has 0 aliphatic heterocycles. The van der Waals surface area contributed by atoms with Crippen LogP contribution in [-0.2, 0) is 5.41 Å². The van der Waals surface area contributed by atoms with Crippen LogP contribution in [0.4, 0.5) is 30.7 Å². The number of alkyl halides is 3. The largest absolute Gasteiger partial charge is 0.490 e. The predicted molar refractivity (Wildman–Crippen MR) is 92.8 cm³/mol. The smallest absolute Gasteiger partial charge is 0.398 e. The van der Waals surface area contributed by atoms with Gasteiger partial charge in [-0.2, -0.15) is 13.2 Å². The average Bonchev–Trinajstić information content (AvgIpc) is 2.56. The molecule has 0 N–H and O–H groups in total. The van der Waals surface area contributed by atoms with Crippen molar-refractivity contribution in [3.8, 4) is 5.75 Å². The Morgan fingerprint density at radius 2 is 1.46 bits per heavy atom. The standard InChI is InChI=1S/C19H17F7OS/c1-10-4-12(20)15(7-16(10)28-9-19(24,25)26)27-8-18(2,3)11-5-13(21)17(23)14(22)6-11/h4-7H,8-9H2,1-3H3. The van der Waals surface area contributed by atoms with Gasteiger partial charge in [-0.3, -0.25) is 0 Å². The molecule has 0 aliphatic carbocycles. The lowest BCUT2D eigenvalue weighted by Crippen LogP contribution is -2.27. The van der Waals surface area contributed by atoms with Crippen LogP contribution in [-0.4, -0.2) is 18.5 Å². The fourth-order valence-corrected chi connectivity index (χ4v) is 3.14. The molecule has 0 spiro atoms. The molecule has 0 saturated heterocycles. The number of hydrogen-bond acceptors (Lipinski definition) is 2. The summed E-state index contributed by atoms with van der Waals surface area (Å²) < 4.78 is 96.9. The number of hydrogen-bond donors (Lipinski definition) is 0. The van der Waals surface area contributed by atoms with Crippen molar-refractivity contribution in [2.24, 2.45) is 0 Å². The van der Waals surface area contributed by atoms with Gasteiger partial charge in [-0.1, -0.05) is 13.8 Å². The lowest BCUT2D eigenvalue weighted by molar-refractivity contribution is -0.105. The summed E-state index contributed by atoms with van der Waals surface area (Å²) in [6.45, 7) is 4.31. The summed E-state index contributed by atoms with van der Waals surface area (Å²) in [5, 5.41) is 0. The molecular weight excluding hydrogens is 409 g/mol. The third kappa shape index (κ3) is 5.56. The summed E-state index contributed by atoms with van der Waals surface area (Å²) in [6, 6.07) is 3.84. The number of ether oxygens (including phenoxy) is 1. The molecule has 28 heavy (non-hydrogen) atoms. The van der Waals surface area contributed by atoms with Gasteiger partial charge in [0.25, 0.3) is 0 Å². The monoisotopic (exact) mass is 426 g/mol. The quantitative estimate of drug-likeness (QED) is 0.294. The molecule has 0 amide bonds. The summed E-state index contributed by atoms with van der Waals surface area (Å²) in [4.78, 5) is 0.199. The Morgan fingerprint density at radius 1 is 0.893 bits per heavy atom. The van der Waals surface area contributed by atoms with Gasteiger partial charge in [0.05, 0.1) is 12.4 Å². The van der Waals surface area contributed by atoms with E-state index in [1.807, 2.05) is 0 Å². The maximum absolute atomic E-state index is 14.1. The number of rotatable bonds is 6. The van der Waals surface area contributed by atoms with Crippen LogP contribution < -0.4 is 4.74 Å². The molecule has 1 nitrogen and oxygen atoms in total. The SMILES string of the molecule is Cc1cc(F)c(OCC(C)(C)c2cc(F)c(F)c(F)c2)cc1SCC(F)(F)F. The molecule has 0 saturated carbocycles. The lowest BCUT2D eigenvalue weighted by Gasteiger charge is -2.26. The summed E-state index contributed by atoms with van der Waals surface area (Å²) in [7, 11) is 0. The van der Waals surface area contributed by atoms with Crippen molar-refractivity contribution in [1.29, 1.82) is 0 Å². The number of thioether (sulfide) groups is 1. The van der Waals surface area contributed by atoms with Crippen molar-refractivity contribution >= 4 is 11.8 Å². The summed E-state index contributed by atoms with van der Waals surface area (Å²) in [5.41, 5.74) is -0.629. The van der Waals surface area contributed by atoms with Crippen molar-refractivity contribution in [1.82, 2.24) is 0 Å². The Hall–Kier alpha value is -1.90. The topological polar surface area (TPSA) is 9.23 Å². The molecule has 9 heteroatoms. The highest BCUT2D eigenvalue weighted by atomic mass is 32.2. The Morgan fingerprint density at radius 3 is 2.00 bits per heavy atom. The molecule has 154 valence electrons. The lowest BCUT2D eigenvalue weighted by atomic mass is 9.85.